The molecule has 0 saturated carbocycles. The summed E-state index contributed by atoms with van der Waals surface area (Å²) in [6.07, 6.45) is 1.46. The lowest BCUT2D eigenvalue weighted by Gasteiger charge is -2.25. The summed E-state index contributed by atoms with van der Waals surface area (Å²) < 4.78 is 16.5. The van der Waals surface area contributed by atoms with E-state index in [1.165, 1.54) is 5.56 Å². The highest BCUT2D eigenvalue weighted by molar-refractivity contribution is 5.79. The monoisotopic (exact) mass is 355 g/mol. The topological polar surface area (TPSA) is 56.8 Å². The van der Waals surface area contributed by atoms with E-state index in [1.807, 2.05) is 49.4 Å². The van der Waals surface area contributed by atoms with Crippen LogP contribution in [-0.4, -0.2) is 32.8 Å². The Morgan fingerprint density at radius 1 is 1.23 bits per heavy atom. The third-order valence-corrected chi connectivity index (χ3v) is 4.49. The molecule has 1 N–H and O–H groups in total. The van der Waals surface area contributed by atoms with Crippen molar-refractivity contribution in [1.82, 2.24) is 5.32 Å². The zero-order chi connectivity index (χ0) is 18.4. The van der Waals surface area contributed by atoms with Crippen LogP contribution in [0.3, 0.4) is 0 Å². The molecule has 1 aliphatic rings. The van der Waals surface area contributed by atoms with Gasteiger partial charge in [-0.2, -0.15) is 0 Å². The summed E-state index contributed by atoms with van der Waals surface area (Å²) in [6.45, 7) is 3.61. The largest absolute Gasteiger partial charge is 0.494 e. The first-order chi connectivity index (χ1) is 12.7. The molecule has 0 unspecified atom stereocenters. The molecular formula is C21H25NO4. The fourth-order valence-electron chi connectivity index (χ4n) is 3.12. The van der Waals surface area contributed by atoms with Crippen LogP contribution in [-0.2, 0) is 17.6 Å². The Morgan fingerprint density at radius 2 is 2.04 bits per heavy atom. The predicted molar refractivity (Wildman–Crippen MR) is 100 cm³/mol. The number of amides is 1. The first-order valence-corrected chi connectivity index (χ1v) is 8.99. The summed E-state index contributed by atoms with van der Waals surface area (Å²) in [5.41, 5.74) is 2.19. The van der Waals surface area contributed by atoms with Crippen molar-refractivity contribution in [3.63, 3.8) is 0 Å². The highest BCUT2D eigenvalue weighted by Gasteiger charge is 2.27. The van der Waals surface area contributed by atoms with E-state index in [2.05, 4.69) is 5.32 Å². The second-order valence-electron chi connectivity index (χ2n) is 6.28. The van der Waals surface area contributed by atoms with Gasteiger partial charge < -0.3 is 19.5 Å². The summed E-state index contributed by atoms with van der Waals surface area (Å²) in [7, 11) is 1.62. The normalized spacial score (nSPS) is 15.5. The third kappa shape index (κ3) is 4.28. The van der Waals surface area contributed by atoms with Gasteiger partial charge in [0, 0.05) is 6.54 Å². The number of para-hydroxylation sites is 1. The lowest BCUT2D eigenvalue weighted by atomic mass is 9.95. The minimum absolute atomic E-state index is 0.0319. The molecule has 0 aromatic heterocycles. The Kier molecular flexibility index (Phi) is 6.00. The van der Waals surface area contributed by atoms with E-state index in [9.17, 15) is 4.79 Å². The zero-order valence-electron chi connectivity index (χ0n) is 15.3. The number of methoxy groups -OCH3 is 1. The van der Waals surface area contributed by atoms with Crippen LogP contribution >= 0.6 is 0 Å². The third-order valence-electron chi connectivity index (χ3n) is 4.49. The molecule has 0 radical (unpaired) electrons. The van der Waals surface area contributed by atoms with E-state index in [-0.39, 0.29) is 11.8 Å². The Bertz CT molecular complexity index is 742. The Labute approximate surface area is 154 Å². The van der Waals surface area contributed by atoms with Gasteiger partial charge in [-0.3, -0.25) is 4.79 Å². The van der Waals surface area contributed by atoms with Crippen molar-refractivity contribution in [2.45, 2.75) is 19.8 Å². The van der Waals surface area contributed by atoms with Gasteiger partial charge in [-0.1, -0.05) is 24.3 Å². The molecular weight excluding hydrogens is 330 g/mol. The minimum atomic E-state index is -0.171. The molecule has 0 spiro atoms. The molecule has 138 valence electrons. The van der Waals surface area contributed by atoms with Crippen LogP contribution in [0.25, 0.3) is 0 Å². The van der Waals surface area contributed by atoms with E-state index in [4.69, 9.17) is 14.2 Å². The Morgan fingerprint density at radius 3 is 2.77 bits per heavy atom. The molecule has 1 atom stereocenters. The smallest absolute Gasteiger partial charge is 0.226 e. The van der Waals surface area contributed by atoms with Crippen molar-refractivity contribution >= 4 is 5.91 Å². The van der Waals surface area contributed by atoms with Crippen LogP contribution in [0, 0.1) is 5.92 Å². The average molecular weight is 355 g/mol. The quantitative estimate of drug-likeness (QED) is 0.829. The summed E-state index contributed by atoms with van der Waals surface area (Å²) in [5.74, 6) is 2.21. The van der Waals surface area contributed by atoms with Gasteiger partial charge in [0.1, 0.15) is 12.4 Å². The first kappa shape index (κ1) is 18.1. The Balaban J connectivity index is 1.49. The van der Waals surface area contributed by atoms with Crippen LogP contribution in [0.15, 0.2) is 42.5 Å². The maximum Gasteiger partial charge on any atom is 0.226 e. The van der Waals surface area contributed by atoms with Crippen molar-refractivity contribution in [3.8, 4) is 17.2 Å². The number of ether oxygens (including phenoxy) is 3. The molecule has 1 aliphatic heterocycles. The molecule has 1 amide bonds. The number of benzene rings is 2. The van der Waals surface area contributed by atoms with Crippen LogP contribution < -0.4 is 19.5 Å². The van der Waals surface area contributed by atoms with E-state index < -0.39 is 0 Å². The SMILES string of the molecule is CCOc1ccc(CCNC(=O)[C@@H]2COc3c(cccc3OC)C2)cc1. The molecule has 5 heteroatoms. The molecule has 0 aliphatic carbocycles. The van der Waals surface area contributed by atoms with Gasteiger partial charge in [0.2, 0.25) is 5.91 Å². The predicted octanol–water partition coefficient (Wildman–Crippen LogP) is 3.00. The van der Waals surface area contributed by atoms with Gasteiger partial charge in [0.05, 0.1) is 19.6 Å². The molecule has 0 bridgehead atoms. The van der Waals surface area contributed by atoms with Gasteiger partial charge in [0.15, 0.2) is 11.5 Å². The van der Waals surface area contributed by atoms with Crippen LogP contribution in [0.4, 0.5) is 0 Å². The summed E-state index contributed by atoms with van der Waals surface area (Å²) >= 11 is 0. The van der Waals surface area contributed by atoms with Crippen LogP contribution in [0.5, 0.6) is 17.2 Å². The standard InChI is InChI=1S/C21H25NO4/c1-3-25-18-9-7-15(8-10-18)11-12-22-21(23)17-13-16-5-4-6-19(24-2)20(16)26-14-17/h4-10,17H,3,11-14H2,1-2H3,(H,22,23)/t17-/m0/s1. The van der Waals surface area contributed by atoms with E-state index >= 15 is 0 Å². The van der Waals surface area contributed by atoms with Gasteiger partial charge in [-0.15, -0.1) is 0 Å². The molecule has 3 rings (SSSR count). The second kappa shape index (κ2) is 8.61. The number of carbonyl (C=O) groups excluding carboxylic acids is 1. The maximum absolute atomic E-state index is 12.4. The van der Waals surface area contributed by atoms with E-state index in [0.717, 1.165) is 29.2 Å². The number of fused-ring (bicyclic) bond motifs is 1. The lowest BCUT2D eigenvalue weighted by molar-refractivity contribution is -0.126. The van der Waals surface area contributed by atoms with Crippen LogP contribution in [0.2, 0.25) is 0 Å². The van der Waals surface area contributed by atoms with Crippen molar-refractivity contribution in [1.29, 1.82) is 0 Å². The number of rotatable bonds is 7. The average Bonchev–Trinajstić information content (AvgIpc) is 2.68. The van der Waals surface area contributed by atoms with Gasteiger partial charge in [0.25, 0.3) is 0 Å². The second-order valence-corrected chi connectivity index (χ2v) is 6.28. The first-order valence-electron chi connectivity index (χ1n) is 8.99. The van der Waals surface area contributed by atoms with Crippen molar-refractivity contribution < 1.29 is 19.0 Å². The number of hydrogen-bond acceptors (Lipinski definition) is 4. The number of nitrogens with one attached hydrogen (secondary N) is 1. The minimum Gasteiger partial charge on any atom is -0.494 e. The summed E-state index contributed by atoms with van der Waals surface area (Å²) in [6, 6.07) is 13.8. The molecule has 0 saturated heterocycles. The van der Waals surface area contributed by atoms with Crippen LogP contribution in [0.1, 0.15) is 18.1 Å². The van der Waals surface area contributed by atoms with Gasteiger partial charge in [-0.25, -0.2) is 0 Å². The molecule has 0 fully saturated rings. The summed E-state index contributed by atoms with van der Waals surface area (Å²) in [4.78, 5) is 12.4. The highest BCUT2D eigenvalue weighted by atomic mass is 16.5. The van der Waals surface area contributed by atoms with Gasteiger partial charge in [-0.05, 0) is 49.1 Å². The zero-order valence-corrected chi connectivity index (χ0v) is 15.3. The molecule has 1 heterocycles. The van der Waals surface area contributed by atoms with E-state index in [1.54, 1.807) is 7.11 Å². The maximum atomic E-state index is 12.4. The molecule has 5 nitrogen and oxygen atoms in total. The summed E-state index contributed by atoms with van der Waals surface area (Å²) in [5, 5.41) is 3.02. The highest BCUT2D eigenvalue weighted by Crippen LogP contribution is 2.35. The molecule has 26 heavy (non-hydrogen) atoms. The van der Waals surface area contributed by atoms with Crippen molar-refractivity contribution in [2.24, 2.45) is 5.92 Å². The number of hydrogen-bond donors (Lipinski definition) is 1. The van der Waals surface area contributed by atoms with Gasteiger partial charge >= 0.3 is 0 Å². The fourth-order valence-corrected chi connectivity index (χ4v) is 3.12. The lowest BCUT2D eigenvalue weighted by Crippen LogP contribution is -2.38. The Hall–Kier alpha value is -2.69. The van der Waals surface area contributed by atoms with E-state index in [0.29, 0.717) is 26.2 Å². The fraction of sp³-hybridized carbons (Fsp3) is 0.381. The van der Waals surface area contributed by atoms with Crippen molar-refractivity contribution in [2.75, 3.05) is 26.9 Å². The number of carbonyl (C=O) groups is 1. The molecule has 2 aromatic rings. The molecule has 2 aromatic carbocycles. The van der Waals surface area contributed by atoms with Crippen molar-refractivity contribution in [3.05, 3.63) is 53.6 Å².